The highest BCUT2D eigenvalue weighted by Gasteiger charge is 2.14. The van der Waals surface area contributed by atoms with Gasteiger partial charge in [0, 0.05) is 0 Å². The van der Waals surface area contributed by atoms with Gasteiger partial charge in [-0.15, -0.1) is 0 Å². The number of nitrogens with zero attached hydrogens (tertiary/aromatic N) is 2. The summed E-state index contributed by atoms with van der Waals surface area (Å²) in [5.41, 5.74) is 5.33. The van der Waals surface area contributed by atoms with E-state index in [1.165, 1.54) is 5.94 Å². The van der Waals surface area contributed by atoms with Gasteiger partial charge in [-0.3, -0.25) is 0 Å². The maximum absolute atomic E-state index is 10.0. The third-order valence-corrected chi connectivity index (χ3v) is 1.03. The summed E-state index contributed by atoms with van der Waals surface area (Å²) in [6.45, 7) is 2.24. The van der Waals surface area contributed by atoms with E-state index >= 15 is 0 Å². The van der Waals surface area contributed by atoms with Gasteiger partial charge in [0.15, 0.2) is 11.8 Å². The fourth-order valence-corrected chi connectivity index (χ4v) is 0.629. The van der Waals surface area contributed by atoms with Crippen molar-refractivity contribution in [3.63, 3.8) is 0 Å². The van der Waals surface area contributed by atoms with E-state index in [0.29, 0.717) is 6.61 Å². The molecule has 1 heterocycles. The first kappa shape index (κ1) is 7.50. The topological polar surface area (TPSA) is 77.0 Å². The molecule has 0 aliphatic carbocycles. The minimum Gasteiger partial charge on any atom is -0.475 e. The second-order valence-corrected chi connectivity index (χ2v) is 1.77. The lowest BCUT2D eigenvalue weighted by atomic mass is 10.6. The number of amidine groups is 1. The minimum atomic E-state index is -0.0639. The Morgan fingerprint density at radius 1 is 1.64 bits per heavy atom. The van der Waals surface area contributed by atoms with Gasteiger partial charge in [0.05, 0.1) is 6.61 Å². The molecule has 0 aromatic rings. The van der Waals surface area contributed by atoms with E-state index in [2.05, 4.69) is 9.98 Å². The highest BCUT2D eigenvalue weighted by molar-refractivity contribution is 6.39. The number of aliphatic imine (C=N–C) groups is 2. The molecule has 0 unspecified atom stereocenters. The van der Waals surface area contributed by atoms with Crippen LogP contribution in [0.2, 0.25) is 0 Å². The Morgan fingerprint density at radius 3 is 2.82 bits per heavy atom. The Hall–Kier alpha value is -1.61. The van der Waals surface area contributed by atoms with Gasteiger partial charge in [0.2, 0.25) is 5.82 Å². The van der Waals surface area contributed by atoms with Crippen LogP contribution in [0.1, 0.15) is 6.92 Å². The van der Waals surface area contributed by atoms with Gasteiger partial charge in [-0.25, -0.2) is 4.79 Å². The normalized spacial score (nSPS) is 15.5. The van der Waals surface area contributed by atoms with Crippen molar-refractivity contribution >= 4 is 17.7 Å². The lowest BCUT2D eigenvalue weighted by Crippen LogP contribution is -2.23. The van der Waals surface area contributed by atoms with Gasteiger partial charge >= 0.3 is 0 Å². The molecule has 0 aromatic heterocycles. The van der Waals surface area contributed by atoms with Gasteiger partial charge in [0.1, 0.15) is 0 Å². The van der Waals surface area contributed by atoms with Crippen molar-refractivity contribution in [2.75, 3.05) is 6.61 Å². The summed E-state index contributed by atoms with van der Waals surface area (Å²) >= 11 is 0. The van der Waals surface area contributed by atoms with Crippen molar-refractivity contribution in [1.82, 2.24) is 0 Å². The summed E-state index contributed by atoms with van der Waals surface area (Å²) < 4.78 is 4.94. The van der Waals surface area contributed by atoms with E-state index < -0.39 is 0 Å². The first-order valence-corrected chi connectivity index (χ1v) is 3.09. The highest BCUT2D eigenvalue weighted by Crippen LogP contribution is 2.04. The molecule has 1 aliphatic heterocycles. The standard InChI is InChI=1S/C6H7N3O2/c1-2-11-6-5(7)8-4(3-10)9-6/h2H2,1H3,(H2,7,8). The first-order chi connectivity index (χ1) is 5.27. The third-order valence-electron chi connectivity index (χ3n) is 1.03. The van der Waals surface area contributed by atoms with E-state index in [9.17, 15) is 4.79 Å². The molecule has 0 amide bonds. The van der Waals surface area contributed by atoms with Crippen LogP contribution in [-0.4, -0.2) is 24.3 Å². The molecule has 0 bridgehead atoms. The Morgan fingerprint density at radius 2 is 2.36 bits per heavy atom. The van der Waals surface area contributed by atoms with Gasteiger partial charge in [-0.05, 0) is 6.92 Å². The second kappa shape index (κ2) is 2.98. The Labute approximate surface area is 63.3 Å². The summed E-state index contributed by atoms with van der Waals surface area (Å²) in [6, 6.07) is 0. The summed E-state index contributed by atoms with van der Waals surface area (Å²) in [5, 5.41) is 0. The molecular formula is C6H7N3O2. The Kier molecular flexibility index (Phi) is 2.03. The molecule has 0 fully saturated rings. The predicted molar refractivity (Wildman–Crippen MR) is 39.9 cm³/mol. The number of ether oxygens (including phenoxy) is 1. The molecule has 0 radical (unpaired) electrons. The monoisotopic (exact) mass is 153 g/mol. The van der Waals surface area contributed by atoms with Gasteiger partial charge in [-0.2, -0.15) is 9.98 Å². The summed E-state index contributed by atoms with van der Waals surface area (Å²) in [7, 11) is 0. The van der Waals surface area contributed by atoms with Crippen molar-refractivity contribution in [1.29, 1.82) is 0 Å². The zero-order valence-corrected chi connectivity index (χ0v) is 6.00. The van der Waals surface area contributed by atoms with Gasteiger partial charge in [-0.1, -0.05) is 0 Å². The molecule has 0 saturated carbocycles. The second-order valence-electron chi connectivity index (χ2n) is 1.77. The van der Waals surface area contributed by atoms with Crippen molar-refractivity contribution in [2.24, 2.45) is 15.7 Å². The predicted octanol–water partition coefficient (Wildman–Crippen LogP) is -0.535. The molecule has 0 spiro atoms. The SMILES string of the molecule is CCOC1=NC(=C=O)N=C1N. The molecule has 0 aromatic carbocycles. The third kappa shape index (κ3) is 1.45. The number of hydrogen-bond donors (Lipinski definition) is 1. The summed E-state index contributed by atoms with van der Waals surface area (Å²) in [4.78, 5) is 17.2. The minimum absolute atomic E-state index is 0.0639. The molecule has 1 aliphatic rings. The molecule has 1 rings (SSSR count). The van der Waals surface area contributed by atoms with E-state index in [1.54, 1.807) is 6.92 Å². The lowest BCUT2D eigenvalue weighted by molar-refractivity contribution is 0.334. The van der Waals surface area contributed by atoms with Crippen LogP contribution in [0.3, 0.4) is 0 Å². The molecule has 0 atom stereocenters. The van der Waals surface area contributed by atoms with Crippen molar-refractivity contribution < 1.29 is 9.53 Å². The van der Waals surface area contributed by atoms with E-state index in [0.717, 1.165) is 0 Å². The van der Waals surface area contributed by atoms with Crippen molar-refractivity contribution in [3.05, 3.63) is 5.82 Å². The largest absolute Gasteiger partial charge is 0.475 e. The van der Waals surface area contributed by atoms with Crippen LogP contribution in [0.5, 0.6) is 0 Å². The van der Waals surface area contributed by atoms with Crippen molar-refractivity contribution in [2.45, 2.75) is 6.92 Å². The Bertz CT molecular complexity index is 274. The molecule has 11 heavy (non-hydrogen) atoms. The fourth-order valence-electron chi connectivity index (χ4n) is 0.629. The first-order valence-electron chi connectivity index (χ1n) is 3.09. The zero-order valence-electron chi connectivity index (χ0n) is 6.00. The van der Waals surface area contributed by atoms with Crippen LogP contribution in [0.15, 0.2) is 15.8 Å². The summed E-state index contributed by atoms with van der Waals surface area (Å²) in [6.07, 6.45) is 0. The van der Waals surface area contributed by atoms with E-state index in [1.807, 2.05) is 0 Å². The smallest absolute Gasteiger partial charge is 0.259 e. The molecule has 5 nitrogen and oxygen atoms in total. The summed E-state index contributed by atoms with van der Waals surface area (Å²) in [5.74, 6) is 1.78. The van der Waals surface area contributed by atoms with E-state index in [-0.39, 0.29) is 17.6 Å². The molecule has 58 valence electrons. The number of nitrogens with two attached hydrogens (primary N) is 1. The molecular weight excluding hydrogens is 146 g/mol. The molecule has 0 saturated heterocycles. The number of hydrogen-bond acceptors (Lipinski definition) is 5. The zero-order chi connectivity index (χ0) is 8.27. The van der Waals surface area contributed by atoms with Crippen molar-refractivity contribution in [3.8, 4) is 0 Å². The van der Waals surface area contributed by atoms with Gasteiger partial charge < -0.3 is 10.5 Å². The van der Waals surface area contributed by atoms with Gasteiger partial charge in [0.25, 0.3) is 5.90 Å². The van der Waals surface area contributed by atoms with E-state index in [4.69, 9.17) is 10.5 Å². The number of carbonyl (C=O) groups excluding carboxylic acids is 1. The maximum Gasteiger partial charge on any atom is 0.259 e. The number of rotatable bonds is 1. The molecule has 5 heteroatoms. The van der Waals surface area contributed by atoms with Crippen LogP contribution in [0.25, 0.3) is 0 Å². The molecule has 2 N–H and O–H groups in total. The highest BCUT2D eigenvalue weighted by atomic mass is 16.5. The van der Waals surface area contributed by atoms with Crippen LogP contribution in [0, 0.1) is 0 Å². The van der Waals surface area contributed by atoms with Crippen LogP contribution in [-0.2, 0) is 9.53 Å². The Balaban J connectivity index is 2.84. The quantitative estimate of drug-likeness (QED) is 0.514. The fraction of sp³-hybridized carbons (Fsp3) is 0.333. The van der Waals surface area contributed by atoms with Crippen LogP contribution >= 0.6 is 0 Å². The van der Waals surface area contributed by atoms with Crippen LogP contribution in [0.4, 0.5) is 0 Å². The average Bonchev–Trinajstić information content (AvgIpc) is 2.33. The maximum atomic E-state index is 10.0. The van der Waals surface area contributed by atoms with Crippen LogP contribution < -0.4 is 5.73 Å². The lowest BCUT2D eigenvalue weighted by Gasteiger charge is -1.98. The average molecular weight is 153 g/mol.